The molecule has 2 bridgehead atoms. The Hall–Kier alpha value is -1.02. The molecule has 2 unspecified atom stereocenters. The number of hydrogen-bond donors (Lipinski definition) is 1. The first-order valence-corrected chi connectivity index (χ1v) is 7.73. The third kappa shape index (κ3) is 2.64. The third-order valence-corrected chi connectivity index (χ3v) is 4.65. The predicted molar refractivity (Wildman–Crippen MR) is 81.6 cm³/mol. The second-order valence-electron chi connectivity index (χ2n) is 6.65. The molecule has 104 valence electrons. The van der Waals surface area contributed by atoms with E-state index in [0.29, 0.717) is 6.04 Å². The van der Waals surface area contributed by atoms with E-state index in [4.69, 9.17) is 0 Å². The molecule has 2 heteroatoms. The molecule has 2 atom stereocenters. The molecule has 1 saturated carbocycles. The fraction of sp³-hybridized carbons (Fsp3) is 0.647. The average molecular weight is 258 g/mol. The predicted octanol–water partition coefficient (Wildman–Crippen LogP) is 3.48. The van der Waals surface area contributed by atoms with E-state index in [0.717, 1.165) is 18.5 Å². The quantitative estimate of drug-likeness (QED) is 0.889. The maximum atomic E-state index is 3.57. The molecule has 0 spiro atoms. The summed E-state index contributed by atoms with van der Waals surface area (Å²) in [6.45, 7) is 8.89. The van der Waals surface area contributed by atoms with Crippen molar-refractivity contribution in [1.82, 2.24) is 5.32 Å². The summed E-state index contributed by atoms with van der Waals surface area (Å²) in [7, 11) is 0. The number of aryl methyl sites for hydroxylation is 1. The Bertz CT molecular complexity index is 453. The normalized spacial score (nSPS) is 25.6. The molecule has 1 aromatic carbocycles. The molecular formula is C17H26N2. The van der Waals surface area contributed by atoms with Crippen molar-refractivity contribution in [3.8, 4) is 0 Å². The van der Waals surface area contributed by atoms with E-state index in [2.05, 4.69) is 49.2 Å². The summed E-state index contributed by atoms with van der Waals surface area (Å²) < 4.78 is 0. The van der Waals surface area contributed by atoms with Gasteiger partial charge in [0.15, 0.2) is 0 Å². The van der Waals surface area contributed by atoms with Gasteiger partial charge in [0.1, 0.15) is 0 Å². The van der Waals surface area contributed by atoms with E-state index in [1.54, 1.807) is 0 Å². The highest BCUT2D eigenvalue weighted by Crippen LogP contribution is 2.41. The number of rotatable bonds is 4. The number of nitrogens with one attached hydrogen (secondary N) is 1. The van der Waals surface area contributed by atoms with Crippen LogP contribution in [0.5, 0.6) is 0 Å². The molecule has 19 heavy (non-hydrogen) atoms. The van der Waals surface area contributed by atoms with Crippen LogP contribution in [-0.2, 0) is 6.54 Å². The van der Waals surface area contributed by atoms with E-state index >= 15 is 0 Å². The first-order chi connectivity index (χ1) is 9.13. The van der Waals surface area contributed by atoms with Crippen molar-refractivity contribution in [3.05, 3.63) is 29.3 Å². The minimum absolute atomic E-state index is 0.545. The molecule has 1 N–H and O–H groups in total. The second kappa shape index (κ2) is 5.16. The summed E-state index contributed by atoms with van der Waals surface area (Å²) in [4.78, 5) is 2.67. The van der Waals surface area contributed by atoms with E-state index in [1.807, 2.05) is 0 Å². The van der Waals surface area contributed by atoms with Crippen molar-refractivity contribution in [2.24, 2.45) is 5.92 Å². The lowest BCUT2D eigenvalue weighted by molar-refractivity contribution is 0.548. The number of anilines is 1. The highest BCUT2D eigenvalue weighted by Gasteiger charge is 2.38. The molecule has 1 saturated heterocycles. The van der Waals surface area contributed by atoms with E-state index in [-0.39, 0.29) is 0 Å². The zero-order chi connectivity index (χ0) is 13.4. The summed E-state index contributed by atoms with van der Waals surface area (Å²) in [5.74, 6) is 0.956. The van der Waals surface area contributed by atoms with Gasteiger partial charge in [-0.1, -0.05) is 31.5 Å². The smallest absolute Gasteiger partial charge is 0.0414 e. The van der Waals surface area contributed by atoms with Crippen molar-refractivity contribution in [3.63, 3.8) is 0 Å². The summed E-state index contributed by atoms with van der Waals surface area (Å²) in [6, 6.07) is 8.32. The minimum Gasteiger partial charge on any atom is -0.368 e. The van der Waals surface area contributed by atoms with Crippen molar-refractivity contribution < 1.29 is 0 Å². The summed E-state index contributed by atoms with van der Waals surface area (Å²) in [5.41, 5.74) is 4.32. The number of fused-ring (bicyclic) bond motifs is 2. The van der Waals surface area contributed by atoms with Crippen molar-refractivity contribution in [1.29, 1.82) is 0 Å². The molecule has 0 radical (unpaired) electrons. The molecular weight excluding hydrogens is 232 g/mol. The van der Waals surface area contributed by atoms with E-state index in [9.17, 15) is 0 Å². The minimum atomic E-state index is 0.545. The van der Waals surface area contributed by atoms with Gasteiger partial charge in [-0.25, -0.2) is 0 Å². The van der Waals surface area contributed by atoms with Gasteiger partial charge in [0, 0.05) is 30.9 Å². The maximum absolute atomic E-state index is 3.57. The van der Waals surface area contributed by atoms with Gasteiger partial charge in [-0.3, -0.25) is 0 Å². The molecule has 2 nitrogen and oxygen atoms in total. The van der Waals surface area contributed by atoms with Crippen LogP contribution in [0.15, 0.2) is 18.2 Å². The van der Waals surface area contributed by atoms with Crippen molar-refractivity contribution in [2.45, 2.75) is 58.7 Å². The number of piperidine rings is 1. The van der Waals surface area contributed by atoms with Crippen LogP contribution in [-0.4, -0.2) is 18.6 Å². The van der Waals surface area contributed by atoms with Gasteiger partial charge >= 0.3 is 0 Å². The number of hydrogen-bond acceptors (Lipinski definition) is 2. The summed E-state index contributed by atoms with van der Waals surface area (Å²) >= 11 is 0. The molecule has 2 fully saturated rings. The fourth-order valence-corrected chi connectivity index (χ4v) is 3.67. The van der Waals surface area contributed by atoms with Crippen LogP contribution < -0.4 is 10.2 Å². The van der Waals surface area contributed by atoms with Gasteiger partial charge in [-0.2, -0.15) is 0 Å². The number of benzene rings is 1. The zero-order valence-corrected chi connectivity index (χ0v) is 12.4. The van der Waals surface area contributed by atoms with Crippen LogP contribution >= 0.6 is 0 Å². The highest BCUT2D eigenvalue weighted by molar-refractivity contribution is 5.57. The van der Waals surface area contributed by atoms with Gasteiger partial charge in [-0.15, -0.1) is 0 Å². The molecule has 2 aliphatic rings. The first kappa shape index (κ1) is 13.0. The van der Waals surface area contributed by atoms with Crippen LogP contribution in [0, 0.1) is 12.8 Å². The molecule has 0 amide bonds. The van der Waals surface area contributed by atoms with Gasteiger partial charge < -0.3 is 10.2 Å². The zero-order valence-electron chi connectivity index (χ0n) is 12.4. The van der Waals surface area contributed by atoms with Crippen LogP contribution in [0.4, 0.5) is 5.69 Å². The van der Waals surface area contributed by atoms with Gasteiger partial charge in [-0.05, 0) is 43.7 Å². The third-order valence-electron chi connectivity index (χ3n) is 4.65. The Morgan fingerprint density at radius 3 is 2.79 bits per heavy atom. The average Bonchev–Trinajstić information content (AvgIpc) is 2.98. The fourth-order valence-electron chi connectivity index (χ4n) is 3.67. The van der Waals surface area contributed by atoms with Gasteiger partial charge in [0.25, 0.3) is 0 Å². The van der Waals surface area contributed by atoms with E-state index < -0.39 is 0 Å². The van der Waals surface area contributed by atoms with Crippen LogP contribution in [0.2, 0.25) is 0 Å². The SMILES string of the molecule is Cc1ccc(N2CC3CCC2C3)c(CNC(C)C)c1. The number of nitrogens with zero attached hydrogens (tertiary/aromatic N) is 1. The molecule has 1 heterocycles. The van der Waals surface area contributed by atoms with Crippen molar-refractivity contribution in [2.75, 3.05) is 11.4 Å². The Labute approximate surface area is 117 Å². The molecule has 1 aliphatic carbocycles. The molecule has 3 rings (SSSR count). The molecule has 1 aromatic rings. The highest BCUT2D eigenvalue weighted by atomic mass is 15.2. The summed E-state index contributed by atoms with van der Waals surface area (Å²) in [6.07, 6.45) is 4.27. The first-order valence-electron chi connectivity index (χ1n) is 7.73. The van der Waals surface area contributed by atoms with Gasteiger partial charge in [0.05, 0.1) is 0 Å². The van der Waals surface area contributed by atoms with Gasteiger partial charge in [0.2, 0.25) is 0 Å². The second-order valence-corrected chi connectivity index (χ2v) is 6.65. The largest absolute Gasteiger partial charge is 0.368 e. The topological polar surface area (TPSA) is 15.3 Å². The molecule has 1 aliphatic heterocycles. The Kier molecular flexibility index (Phi) is 3.53. The van der Waals surface area contributed by atoms with Crippen molar-refractivity contribution >= 4 is 5.69 Å². The maximum Gasteiger partial charge on any atom is 0.0414 e. The Balaban J connectivity index is 1.83. The Morgan fingerprint density at radius 2 is 2.16 bits per heavy atom. The standard InChI is InChI=1S/C17H26N2/c1-12(2)18-10-15-8-13(3)4-7-17(15)19-11-14-5-6-16(19)9-14/h4,7-8,12,14,16,18H,5-6,9-11H2,1-3H3. The lowest BCUT2D eigenvalue weighted by atomic mass is 10.0. The monoisotopic (exact) mass is 258 g/mol. The molecule has 0 aromatic heterocycles. The van der Waals surface area contributed by atoms with Crippen LogP contribution in [0.1, 0.15) is 44.2 Å². The summed E-state index contributed by atoms with van der Waals surface area (Å²) in [5, 5.41) is 3.57. The Morgan fingerprint density at radius 1 is 1.32 bits per heavy atom. The lowest BCUT2D eigenvalue weighted by Gasteiger charge is -2.31. The van der Waals surface area contributed by atoms with Crippen LogP contribution in [0.25, 0.3) is 0 Å². The van der Waals surface area contributed by atoms with Crippen LogP contribution in [0.3, 0.4) is 0 Å². The lowest BCUT2D eigenvalue weighted by Crippen LogP contribution is -2.33. The van der Waals surface area contributed by atoms with E-state index in [1.165, 1.54) is 42.6 Å².